The number of thiol groups is 1. The third kappa shape index (κ3) is 1.31. The summed E-state index contributed by atoms with van der Waals surface area (Å²) < 4.78 is 0. The molecule has 2 fully saturated rings. The largest absolute Gasteiger partial charge is 0.312 e. The van der Waals surface area contributed by atoms with E-state index < -0.39 is 0 Å². The van der Waals surface area contributed by atoms with Crippen LogP contribution in [0.5, 0.6) is 0 Å². The second-order valence-electron chi connectivity index (χ2n) is 3.31. The van der Waals surface area contributed by atoms with Gasteiger partial charge in [0.1, 0.15) is 0 Å². The number of hydrogen-bond acceptors (Lipinski definition) is 3. The van der Waals surface area contributed by atoms with Crippen molar-refractivity contribution < 1.29 is 0 Å². The molecule has 0 bridgehead atoms. The summed E-state index contributed by atoms with van der Waals surface area (Å²) in [7, 11) is 0. The highest BCUT2D eigenvalue weighted by Gasteiger charge is 2.38. The monoisotopic (exact) mass is 158 g/mol. The molecule has 1 heterocycles. The highest BCUT2D eigenvalue weighted by atomic mass is 32.1. The first-order chi connectivity index (χ1) is 4.90. The zero-order valence-corrected chi connectivity index (χ0v) is 6.90. The fraction of sp³-hybridized carbons (Fsp3) is 1.00. The van der Waals surface area contributed by atoms with Gasteiger partial charge in [0.05, 0.1) is 0 Å². The predicted molar refractivity (Wildman–Crippen MR) is 45.5 cm³/mol. The van der Waals surface area contributed by atoms with Gasteiger partial charge >= 0.3 is 0 Å². The lowest BCUT2D eigenvalue weighted by molar-refractivity contribution is 0.523. The van der Waals surface area contributed by atoms with Crippen molar-refractivity contribution in [1.29, 1.82) is 0 Å². The molecule has 3 heteroatoms. The van der Waals surface area contributed by atoms with Crippen LogP contribution in [0.4, 0.5) is 0 Å². The lowest BCUT2D eigenvalue weighted by Crippen LogP contribution is -2.27. The van der Waals surface area contributed by atoms with Gasteiger partial charge in [-0.25, -0.2) is 0 Å². The maximum atomic E-state index is 4.28. The second-order valence-corrected chi connectivity index (χ2v) is 3.68. The molecule has 10 heavy (non-hydrogen) atoms. The molecule has 1 aliphatic heterocycles. The molecule has 2 rings (SSSR count). The third-order valence-corrected chi connectivity index (χ3v) is 2.90. The van der Waals surface area contributed by atoms with Crippen molar-refractivity contribution in [1.82, 2.24) is 10.6 Å². The Labute approximate surface area is 67.2 Å². The lowest BCUT2D eigenvalue weighted by atomic mass is 10.2. The maximum absolute atomic E-state index is 4.28. The van der Waals surface area contributed by atoms with Crippen LogP contribution in [0.3, 0.4) is 0 Å². The summed E-state index contributed by atoms with van der Waals surface area (Å²) in [5, 5.41) is 7.02. The van der Waals surface area contributed by atoms with E-state index in [2.05, 4.69) is 23.3 Å². The van der Waals surface area contributed by atoms with E-state index in [1.54, 1.807) is 0 Å². The highest BCUT2D eigenvalue weighted by Crippen LogP contribution is 2.23. The van der Waals surface area contributed by atoms with Crippen LogP contribution in [0, 0.1) is 5.92 Å². The predicted octanol–water partition coefficient (Wildman–Crippen LogP) is -0.134. The van der Waals surface area contributed by atoms with Crippen LogP contribution in [-0.4, -0.2) is 30.9 Å². The van der Waals surface area contributed by atoms with Crippen molar-refractivity contribution in [2.45, 2.75) is 18.5 Å². The van der Waals surface area contributed by atoms with E-state index in [9.17, 15) is 0 Å². The summed E-state index contributed by atoms with van der Waals surface area (Å²) in [5.41, 5.74) is 0. The van der Waals surface area contributed by atoms with Crippen LogP contribution < -0.4 is 10.6 Å². The zero-order valence-electron chi connectivity index (χ0n) is 6.01. The highest BCUT2D eigenvalue weighted by molar-refractivity contribution is 7.80. The molecule has 0 radical (unpaired) electrons. The molecule has 0 spiro atoms. The molecule has 0 aromatic rings. The maximum Gasteiger partial charge on any atom is 0.0237 e. The molecule has 2 N–H and O–H groups in total. The first kappa shape index (κ1) is 6.95. The molecule has 0 aromatic heterocycles. The molecule has 2 nitrogen and oxygen atoms in total. The van der Waals surface area contributed by atoms with Crippen molar-refractivity contribution in [2.75, 3.05) is 18.8 Å². The number of hydrogen-bond donors (Lipinski definition) is 3. The van der Waals surface area contributed by atoms with Gasteiger partial charge in [0.25, 0.3) is 0 Å². The van der Waals surface area contributed by atoms with E-state index in [1.165, 1.54) is 6.42 Å². The van der Waals surface area contributed by atoms with E-state index in [1.807, 2.05) is 0 Å². The minimum Gasteiger partial charge on any atom is -0.312 e. The Morgan fingerprint density at radius 1 is 1.20 bits per heavy atom. The van der Waals surface area contributed by atoms with Gasteiger partial charge in [-0.2, -0.15) is 12.6 Å². The Hall–Kier alpha value is 0.270. The topological polar surface area (TPSA) is 24.1 Å². The molecule has 3 atom stereocenters. The Bertz CT molecular complexity index is 117. The molecule has 58 valence electrons. The van der Waals surface area contributed by atoms with Crippen LogP contribution in [0.2, 0.25) is 0 Å². The Balaban J connectivity index is 1.84. The number of nitrogens with one attached hydrogen (secondary N) is 2. The molecule has 1 aliphatic carbocycles. The van der Waals surface area contributed by atoms with Gasteiger partial charge < -0.3 is 10.6 Å². The smallest absolute Gasteiger partial charge is 0.0237 e. The van der Waals surface area contributed by atoms with Crippen LogP contribution in [0.1, 0.15) is 6.42 Å². The van der Waals surface area contributed by atoms with Gasteiger partial charge in [-0.1, -0.05) is 0 Å². The molecule has 0 amide bonds. The van der Waals surface area contributed by atoms with Crippen LogP contribution in [0.15, 0.2) is 0 Å². The van der Waals surface area contributed by atoms with Crippen molar-refractivity contribution in [3.05, 3.63) is 0 Å². The summed E-state index contributed by atoms with van der Waals surface area (Å²) in [6.07, 6.45) is 1.33. The Morgan fingerprint density at radius 3 is 2.30 bits per heavy atom. The first-order valence-corrected chi connectivity index (χ1v) is 4.61. The number of fused-ring (bicyclic) bond motifs is 1. The summed E-state index contributed by atoms with van der Waals surface area (Å²) in [4.78, 5) is 0. The van der Waals surface area contributed by atoms with Crippen LogP contribution >= 0.6 is 12.6 Å². The Kier molecular flexibility index (Phi) is 1.89. The van der Waals surface area contributed by atoms with E-state index in [-0.39, 0.29) is 0 Å². The average Bonchev–Trinajstić information content (AvgIpc) is 2.63. The summed E-state index contributed by atoms with van der Waals surface area (Å²) in [6, 6.07) is 1.56. The minimum atomic E-state index is 0.733. The van der Waals surface area contributed by atoms with E-state index in [0.717, 1.165) is 36.8 Å². The van der Waals surface area contributed by atoms with Gasteiger partial charge in [0.2, 0.25) is 0 Å². The minimum absolute atomic E-state index is 0.733. The lowest BCUT2D eigenvalue weighted by Gasteiger charge is -2.11. The number of rotatable bonds is 1. The van der Waals surface area contributed by atoms with E-state index in [4.69, 9.17) is 0 Å². The molecule has 1 saturated carbocycles. The van der Waals surface area contributed by atoms with Crippen molar-refractivity contribution >= 4 is 12.6 Å². The quantitative estimate of drug-likeness (QED) is 0.463. The van der Waals surface area contributed by atoms with Gasteiger partial charge in [-0.15, -0.1) is 0 Å². The Morgan fingerprint density at radius 2 is 1.80 bits per heavy atom. The van der Waals surface area contributed by atoms with Gasteiger partial charge in [-0.05, 0) is 18.1 Å². The average molecular weight is 158 g/mol. The van der Waals surface area contributed by atoms with Gasteiger partial charge in [0, 0.05) is 25.2 Å². The second kappa shape index (κ2) is 2.72. The van der Waals surface area contributed by atoms with Crippen LogP contribution in [0.25, 0.3) is 0 Å². The van der Waals surface area contributed by atoms with Crippen molar-refractivity contribution in [3.63, 3.8) is 0 Å². The summed E-state index contributed by atoms with van der Waals surface area (Å²) >= 11 is 4.28. The van der Waals surface area contributed by atoms with Gasteiger partial charge in [-0.3, -0.25) is 0 Å². The molecule has 0 aromatic carbocycles. The van der Waals surface area contributed by atoms with E-state index in [0.29, 0.717) is 0 Å². The SMILES string of the molecule is SC[C@H]1CN[C@H]2C[C@H]2NC1. The fourth-order valence-electron chi connectivity index (χ4n) is 1.48. The van der Waals surface area contributed by atoms with Gasteiger partial charge in [0.15, 0.2) is 0 Å². The first-order valence-electron chi connectivity index (χ1n) is 3.98. The molecule has 2 aliphatic rings. The van der Waals surface area contributed by atoms with Crippen molar-refractivity contribution in [2.24, 2.45) is 5.92 Å². The molecular formula is C7H14N2S. The molecule has 0 unspecified atom stereocenters. The molecular weight excluding hydrogens is 144 g/mol. The summed E-state index contributed by atoms with van der Waals surface area (Å²) in [5.74, 6) is 1.73. The van der Waals surface area contributed by atoms with E-state index >= 15 is 0 Å². The third-order valence-electron chi connectivity index (χ3n) is 2.39. The standard InChI is InChI=1S/C7H14N2S/c10-4-5-2-8-6-1-7(6)9-3-5/h5-10H,1-4H2/t5-,6-,7+. The summed E-state index contributed by atoms with van der Waals surface area (Å²) in [6.45, 7) is 2.30. The zero-order chi connectivity index (χ0) is 6.97. The van der Waals surface area contributed by atoms with Crippen LogP contribution in [-0.2, 0) is 0 Å². The normalized spacial score (nSPS) is 45.9. The fourth-order valence-corrected chi connectivity index (χ4v) is 1.74. The molecule has 1 saturated heterocycles. The van der Waals surface area contributed by atoms with Crippen molar-refractivity contribution in [3.8, 4) is 0 Å².